The van der Waals surface area contributed by atoms with Crippen LogP contribution in [0.3, 0.4) is 0 Å². The molecule has 2 heterocycles. The minimum absolute atomic E-state index is 0.150. The van der Waals surface area contributed by atoms with Crippen molar-refractivity contribution in [1.29, 1.82) is 0 Å². The summed E-state index contributed by atoms with van der Waals surface area (Å²) in [7, 11) is 0. The molecule has 3 aromatic rings. The molecule has 0 spiro atoms. The second-order valence-corrected chi connectivity index (χ2v) is 6.45. The standard InChI is InChI=1S/C21H19N3O3/c25-20(22-11-15-9-10-27-14-15)16-5-7-19(8-6-16)23-21(26)24-12-17-3-1-2-4-18(17)13-24/h1-10,14H,11-13H2,(H,22,25)(H,23,26). The highest BCUT2D eigenvalue weighted by atomic mass is 16.3. The molecule has 6 nitrogen and oxygen atoms in total. The minimum Gasteiger partial charge on any atom is -0.472 e. The maximum Gasteiger partial charge on any atom is 0.322 e. The molecule has 1 aliphatic rings. The van der Waals surface area contributed by atoms with Crippen LogP contribution < -0.4 is 10.6 Å². The van der Waals surface area contributed by atoms with Crippen molar-refractivity contribution in [3.63, 3.8) is 0 Å². The number of nitrogens with one attached hydrogen (secondary N) is 2. The van der Waals surface area contributed by atoms with Gasteiger partial charge in [0.2, 0.25) is 0 Å². The van der Waals surface area contributed by atoms with E-state index in [0.29, 0.717) is 30.9 Å². The summed E-state index contributed by atoms with van der Waals surface area (Å²) >= 11 is 0. The molecule has 6 heteroatoms. The molecule has 0 radical (unpaired) electrons. The van der Waals surface area contributed by atoms with Crippen molar-refractivity contribution in [3.05, 3.63) is 89.4 Å². The molecule has 1 aliphatic heterocycles. The first-order valence-corrected chi connectivity index (χ1v) is 8.71. The lowest BCUT2D eigenvalue weighted by Crippen LogP contribution is -2.30. The van der Waals surface area contributed by atoms with Crippen LogP contribution in [0, 0.1) is 0 Å². The number of amides is 3. The van der Waals surface area contributed by atoms with Crippen molar-refractivity contribution in [2.45, 2.75) is 19.6 Å². The maximum atomic E-state index is 12.5. The summed E-state index contributed by atoms with van der Waals surface area (Å²) in [6.45, 7) is 1.62. The highest BCUT2D eigenvalue weighted by Gasteiger charge is 2.22. The molecular weight excluding hydrogens is 342 g/mol. The molecule has 0 unspecified atom stereocenters. The summed E-state index contributed by atoms with van der Waals surface area (Å²) < 4.78 is 4.97. The molecule has 3 amide bonds. The van der Waals surface area contributed by atoms with Crippen LogP contribution in [0.25, 0.3) is 0 Å². The fraction of sp³-hybridized carbons (Fsp3) is 0.143. The molecule has 0 atom stereocenters. The van der Waals surface area contributed by atoms with Gasteiger partial charge in [0, 0.05) is 36.4 Å². The molecule has 4 rings (SSSR count). The SMILES string of the molecule is O=C(NCc1ccoc1)c1ccc(NC(=O)N2Cc3ccccc3C2)cc1. The van der Waals surface area contributed by atoms with Gasteiger partial charge < -0.3 is 20.0 Å². The van der Waals surface area contributed by atoms with Gasteiger partial charge in [0.25, 0.3) is 5.91 Å². The fourth-order valence-corrected chi connectivity index (χ4v) is 3.06. The Labute approximate surface area is 156 Å². The number of anilines is 1. The Kier molecular flexibility index (Phi) is 4.61. The van der Waals surface area contributed by atoms with E-state index in [-0.39, 0.29) is 11.9 Å². The fourth-order valence-electron chi connectivity index (χ4n) is 3.06. The van der Waals surface area contributed by atoms with Gasteiger partial charge in [-0.15, -0.1) is 0 Å². The van der Waals surface area contributed by atoms with Crippen LogP contribution in [-0.4, -0.2) is 16.8 Å². The third-order valence-electron chi connectivity index (χ3n) is 4.56. The van der Waals surface area contributed by atoms with Crippen LogP contribution in [0.1, 0.15) is 27.0 Å². The third kappa shape index (κ3) is 3.84. The summed E-state index contributed by atoms with van der Waals surface area (Å²) in [5, 5.41) is 5.70. The lowest BCUT2D eigenvalue weighted by molar-refractivity contribution is 0.0951. The van der Waals surface area contributed by atoms with Crippen LogP contribution in [0.4, 0.5) is 10.5 Å². The molecule has 0 fully saturated rings. The Morgan fingerprint density at radius 1 is 0.963 bits per heavy atom. The summed E-state index contributed by atoms with van der Waals surface area (Å²) in [5.41, 5.74) is 4.45. The lowest BCUT2D eigenvalue weighted by atomic mass is 10.1. The van der Waals surface area contributed by atoms with E-state index in [2.05, 4.69) is 10.6 Å². The largest absolute Gasteiger partial charge is 0.472 e. The van der Waals surface area contributed by atoms with Gasteiger partial charge in [-0.05, 0) is 41.5 Å². The van der Waals surface area contributed by atoms with Crippen molar-refractivity contribution in [3.8, 4) is 0 Å². The van der Waals surface area contributed by atoms with Crippen LogP contribution in [0.2, 0.25) is 0 Å². The van der Waals surface area contributed by atoms with Crippen molar-refractivity contribution in [2.75, 3.05) is 5.32 Å². The lowest BCUT2D eigenvalue weighted by Gasteiger charge is -2.16. The van der Waals surface area contributed by atoms with E-state index in [0.717, 1.165) is 5.56 Å². The van der Waals surface area contributed by atoms with Gasteiger partial charge >= 0.3 is 6.03 Å². The first-order chi connectivity index (χ1) is 13.2. The Morgan fingerprint density at radius 2 is 1.67 bits per heavy atom. The molecule has 1 aromatic heterocycles. The zero-order valence-corrected chi connectivity index (χ0v) is 14.6. The third-order valence-corrected chi connectivity index (χ3v) is 4.56. The second-order valence-electron chi connectivity index (χ2n) is 6.45. The molecular formula is C21H19N3O3. The molecule has 0 saturated carbocycles. The van der Waals surface area contributed by atoms with Crippen molar-refractivity contribution >= 4 is 17.6 Å². The molecule has 0 saturated heterocycles. The van der Waals surface area contributed by atoms with Crippen LogP contribution in [-0.2, 0) is 19.6 Å². The quantitative estimate of drug-likeness (QED) is 0.743. The Bertz CT molecular complexity index is 924. The number of carbonyl (C=O) groups is 2. The molecule has 2 N–H and O–H groups in total. The van der Waals surface area contributed by atoms with E-state index in [1.165, 1.54) is 11.1 Å². The Morgan fingerprint density at radius 3 is 2.30 bits per heavy atom. The van der Waals surface area contributed by atoms with E-state index in [9.17, 15) is 9.59 Å². The zero-order valence-electron chi connectivity index (χ0n) is 14.6. The maximum absolute atomic E-state index is 12.5. The molecule has 0 bridgehead atoms. The summed E-state index contributed by atoms with van der Waals surface area (Å²) in [5.74, 6) is -0.177. The van der Waals surface area contributed by atoms with Gasteiger partial charge in [-0.3, -0.25) is 4.79 Å². The smallest absolute Gasteiger partial charge is 0.322 e. The highest BCUT2D eigenvalue weighted by Crippen LogP contribution is 2.23. The number of rotatable bonds is 4. The van der Waals surface area contributed by atoms with E-state index < -0.39 is 0 Å². The average molecular weight is 361 g/mol. The van der Waals surface area contributed by atoms with Crippen molar-refractivity contribution < 1.29 is 14.0 Å². The van der Waals surface area contributed by atoms with Gasteiger partial charge in [-0.1, -0.05) is 24.3 Å². The average Bonchev–Trinajstić information content (AvgIpc) is 3.36. The van der Waals surface area contributed by atoms with Crippen LogP contribution in [0.5, 0.6) is 0 Å². The number of carbonyl (C=O) groups excluding carboxylic acids is 2. The van der Waals surface area contributed by atoms with Crippen molar-refractivity contribution in [1.82, 2.24) is 10.2 Å². The number of fused-ring (bicyclic) bond motifs is 1. The van der Waals surface area contributed by atoms with E-state index in [1.54, 1.807) is 47.8 Å². The first kappa shape index (κ1) is 16.9. The van der Waals surface area contributed by atoms with E-state index >= 15 is 0 Å². The summed E-state index contributed by atoms with van der Waals surface area (Å²) in [4.78, 5) is 26.4. The van der Waals surface area contributed by atoms with Crippen molar-refractivity contribution in [2.24, 2.45) is 0 Å². The molecule has 0 aliphatic carbocycles. The topological polar surface area (TPSA) is 74.6 Å². The monoisotopic (exact) mass is 361 g/mol. The molecule has 136 valence electrons. The van der Waals surface area contributed by atoms with Crippen LogP contribution in [0.15, 0.2) is 71.5 Å². The van der Waals surface area contributed by atoms with Gasteiger partial charge in [-0.25, -0.2) is 4.79 Å². The number of furan rings is 1. The Hall–Kier alpha value is -3.54. The second kappa shape index (κ2) is 7.37. The van der Waals surface area contributed by atoms with Crippen LogP contribution >= 0.6 is 0 Å². The summed E-state index contributed by atoms with van der Waals surface area (Å²) in [6.07, 6.45) is 3.16. The van der Waals surface area contributed by atoms with Gasteiger partial charge in [0.1, 0.15) is 0 Å². The normalized spacial score (nSPS) is 12.5. The zero-order chi connectivity index (χ0) is 18.6. The number of benzene rings is 2. The predicted molar refractivity (Wildman–Crippen MR) is 101 cm³/mol. The highest BCUT2D eigenvalue weighted by molar-refractivity contribution is 5.95. The number of hydrogen-bond donors (Lipinski definition) is 2. The number of nitrogens with zero attached hydrogens (tertiary/aromatic N) is 1. The number of urea groups is 1. The van der Waals surface area contributed by atoms with E-state index in [1.807, 2.05) is 24.3 Å². The number of hydrogen-bond acceptors (Lipinski definition) is 3. The minimum atomic E-state index is -0.177. The predicted octanol–water partition coefficient (Wildman–Crippen LogP) is 3.76. The van der Waals surface area contributed by atoms with Gasteiger partial charge in [-0.2, -0.15) is 0 Å². The van der Waals surface area contributed by atoms with Gasteiger partial charge in [0.05, 0.1) is 12.5 Å². The molecule has 2 aromatic carbocycles. The first-order valence-electron chi connectivity index (χ1n) is 8.71. The van der Waals surface area contributed by atoms with Gasteiger partial charge in [0.15, 0.2) is 0 Å². The summed E-state index contributed by atoms with van der Waals surface area (Å²) in [6, 6.07) is 16.5. The Balaban J connectivity index is 1.32. The molecule has 27 heavy (non-hydrogen) atoms. The van der Waals surface area contributed by atoms with E-state index in [4.69, 9.17) is 4.42 Å².